The van der Waals surface area contributed by atoms with Crippen molar-refractivity contribution in [3.8, 4) is 0 Å². The van der Waals surface area contributed by atoms with E-state index in [1.54, 1.807) is 0 Å². The quantitative estimate of drug-likeness (QED) is 0.610. The molecule has 2 heterocycles. The SMILES string of the molecule is CN=C(NCC(C)c1cccc(C)c1)N1CCN(C(C)C(=O)N2CCCC2)CC1. The van der Waals surface area contributed by atoms with Crippen molar-refractivity contribution in [2.75, 3.05) is 52.9 Å². The molecule has 0 aromatic heterocycles. The zero-order chi connectivity index (χ0) is 20.8. The summed E-state index contributed by atoms with van der Waals surface area (Å²) in [5.41, 5.74) is 2.65. The van der Waals surface area contributed by atoms with Gasteiger partial charge in [-0.05, 0) is 38.2 Å². The maximum Gasteiger partial charge on any atom is 0.239 e. The second kappa shape index (κ2) is 10.1. The Morgan fingerprint density at radius 3 is 2.38 bits per heavy atom. The fraction of sp³-hybridized carbons (Fsp3) is 0.652. The average molecular weight is 400 g/mol. The minimum atomic E-state index is -0.0217. The number of nitrogens with zero attached hydrogens (tertiary/aromatic N) is 4. The van der Waals surface area contributed by atoms with E-state index >= 15 is 0 Å². The molecule has 29 heavy (non-hydrogen) atoms. The van der Waals surface area contributed by atoms with E-state index in [4.69, 9.17) is 0 Å². The van der Waals surface area contributed by atoms with Gasteiger partial charge in [-0.2, -0.15) is 0 Å². The fourth-order valence-corrected chi connectivity index (χ4v) is 4.35. The van der Waals surface area contributed by atoms with Crippen LogP contribution in [0.5, 0.6) is 0 Å². The molecule has 1 aromatic rings. The summed E-state index contributed by atoms with van der Waals surface area (Å²) in [6.45, 7) is 12.8. The van der Waals surface area contributed by atoms with Gasteiger partial charge in [0.25, 0.3) is 0 Å². The third kappa shape index (κ3) is 5.50. The standard InChI is InChI=1S/C23H37N5O/c1-18-8-7-9-21(16-18)19(2)17-25-23(24-4)28-14-12-26(13-15-28)20(3)22(29)27-10-5-6-11-27/h7-9,16,19-20H,5-6,10-15,17H2,1-4H3,(H,24,25). The zero-order valence-corrected chi connectivity index (χ0v) is 18.5. The lowest BCUT2D eigenvalue weighted by Crippen LogP contribution is -2.57. The summed E-state index contributed by atoms with van der Waals surface area (Å²) in [6, 6.07) is 8.69. The lowest BCUT2D eigenvalue weighted by atomic mass is 9.99. The number of rotatable bonds is 5. The van der Waals surface area contributed by atoms with Crippen LogP contribution in [0, 0.1) is 6.92 Å². The molecule has 1 aromatic carbocycles. The summed E-state index contributed by atoms with van der Waals surface area (Å²) in [4.78, 5) is 23.9. The van der Waals surface area contributed by atoms with Crippen molar-refractivity contribution in [1.82, 2.24) is 20.0 Å². The second-order valence-corrected chi connectivity index (χ2v) is 8.47. The number of guanidine groups is 1. The van der Waals surface area contributed by atoms with Gasteiger partial charge in [0.1, 0.15) is 0 Å². The number of nitrogens with one attached hydrogen (secondary N) is 1. The average Bonchev–Trinajstić information content (AvgIpc) is 3.28. The highest BCUT2D eigenvalue weighted by atomic mass is 16.2. The van der Waals surface area contributed by atoms with Crippen LogP contribution >= 0.6 is 0 Å². The van der Waals surface area contributed by atoms with Crippen molar-refractivity contribution in [3.63, 3.8) is 0 Å². The monoisotopic (exact) mass is 399 g/mol. The minimum Gasteiger partial charge on any atom is -0.356 e. The van der Waals surface area contributed by atoms with E-state index in [-0.39, 0.29) is 6.04 Å². The van der Waals surface area contributed by atoms with Crippen molar-refractivity contribution >= 4 is 11.9 Å². The van der Waals surface area contributed by atoms with Crippen molar-refractivity contribution in [1.29, 1.82) is 0 Å². The molecule has 0 radical (unpaired) electrons. The molecular weight excluding hydrogens is 362 g/mol. The molecule has 0 aliphatic carbocycles. The van der Waals surface area contributed by atoms with E-state index in [1.807, 2.05) is 11.9 Å². The molecule has 2 fully saturated rings. The topological polar surface area (TPSA) is 51.2 Å². The first-order valence-electron chi connectivity index (χ1n) is 11.0. The van der Waals surface area contributed by atoms with Gasteiger partial charge in [-0.3, -0.25) is 14.7 Å². The number of likely N-dealkylation sites (tertiary alicyclic amines) is 1. The smallest absolute Gasteiger partial charge is 0.239 e. The molecule has 1 amide bonds. The molecule has 0 bridgehead atoms. The summed E-state index contributed by atoms with van der Waals surface area (Å²) in [5, 5.41) is 3.55. The van der Waals surface area contributed by atoms with E-state index in [1.165, 1.54) is 11.1 Å². The van der Waals surface area contributed by atoms with E-state index in [0.29, 0.717) is 11.8 Å². The molecule has 6 nitrogen and oxygen atoms in total. The third-order valence-electron chi connectivity index (χ3n) is 6.33. The van der Waals surface area contributed by atoms with Gasteiger partial charge >= 0.3 is 0 Å². The predicted molar refractivity (Wildman–Crippen MR) is 119 cm³/mol. The van der Waals surface area contributed by atoms with Gasteiger partial charge in [0.05, 0.1) is 6.04 Å². The normalized spacial score (nSPS) is 20.6. The minimum absolute atomic E-state index is 0.0217. The van der Waals surface area contributed by atoms with E-state index in [9.17, 15) is 4.79 Å². The van der Waals surface area contributed by atoms with E-state index in [2.05, 4.69) is 65.1 Å². The lowest BCUT2D eigenvalue weighted by molar-refractivity contribution is -0.135. The molecule has 2 aliphatic rings. The number of carbonyl (C=O) groups is 1. The first-order chi connectivity index (χ1) is 14.0. The number of benzene rings is 1. The highest BCUT2D eigenvalue weighted by Crippen LogP contribution is 2.16. The summed E-state index contributed by atoms with van der Waals surface area (Å²) in [7, 11) is 1.85. The number of hydrogen-bond donors (Lipinski definition) is 1. The number of aryl methyl sites for hydroxylation is 1. The van der Waals surface area contributed by atoms with Crippen LogP contribution in [-0.2, 0) is 4.79 Å². The maximum atomic E-state index is 12.7. The van der Waals surface area contributed by atoms with Gasteiger partial charge in [0, 0.05) is 52.9 Å². The van der Waals surface area contributed by atoms with Gasteiger partial charge in [0.2, 0.25) is 5.91 Å². The molecule has 2 aliphatic heterocycles. The van der Waals surface area contributed by atoms with E-state index in [0.717, 1.165) is 64.6 Å². The van der Waals surface area contributed by atoms with Gasteiger partial charge in [-0.1, -0.05) is 36.8 Å². The number of carbonyl (C=O) groups excluding carboxylic acids is 1. The third-order valence-corrected chi connectivity index (χ3v) is 6.33. The Kier molecular flexibility index (Phi) is 7.53. The second-order valence-electron chi connectivity index (χ2n) is 8.47. The van der Waals surface area contributed by atoms with Gasteiger partial charge < -0.3 is 15.1 Å². The van der Waals surface area contributed by atoms with Crippen LogP contribution in [-0.4, -0.2) is 85.5 Å². The summed E-state index contributed by atoms with van der Waals surface area (Å²) in [6.07, 6.45) is 2.30. The largest absolute Gasteiger partial charge is 0.356 e. The van der Waals surface area contributed by atoms with Crippen molar-refractivity contribution in [3.05, 3.63) is 35.4 Å². The first-order valence-corrected chi connectivity index (χ1v) is 11.0. The maximum absolute atomic E-state index is 12.7. The number of aliphatic imine (C=N–C) groups is 1. The number of piperazine rings is 1. The molecule has 160 valence electrons. The van der Waals surface area contributed by atoms with Gasteiger partial charge in [-0.15, -0.1) is 0 Å². The van der Waals surface area contributed by atoms with Crippen molar-refractivity contribution < 1.29 is 4.79 Å². The number of hydrogen-bond acceptors (Lipinski definition) is 3. The van der Waals surface area contributed by atoms with E-state index < -0.39 is 0 Å². The van der Waals surface area contributed by atoms with Crippen LogP contribution in [0.3, 0.4) is 0 Å². The Hall–Kier alpha value is -2.08. The van der Waals surface area contributed by atoms with Crippen LogP contribution in [0.4, 0.5) is 0 Å². The van der Waals surface area contributed by atoms with Crippen LogP contribution in [0.1, 0.15) is 43.7 Å². The highest BCUT2D eigenvalue weighted by Gasteiger charge is 2.30. The summed E-state index contributed by atoms with van der Waals surface area (Å²) < 4.78 is 0. The molecule has 2 saturated heterocycles. The molecule has 6 heteroatoms. The van der Waals surface area contributed by atoms with Crippen LogP contribution in [0.25, 0.3) is 0 Å². The first kappa shape index (κ1) is 21.6. The molecule has 3 rings (SSSR count). The number of amides is 1. The van der Waals surface area contributed by atoms with Crippen LogP contribution < -0.4 is 5.32 Å². The Balaban J connectivity index is 1.47. The molecular formula is C23H37N5O. The van der Waals surface area contributed by atoms with Crippen LogP contribution in [0.2, 0.25) is 0 Å². The van der Waals surface area contributed by atoms with Crippen LogP contribution in [0.15, 0.2) is 29.3 Å². The lowest BCUT2D eigenvalue weighted by Gasteiger charge is -2.39. The fourth-order valence-electron chi connectivity index (χ4n) is 4.35. The van der Waals surface area contributed by atoms with Gasteiger partial charge in [0.15, 0.2) is 5.96 Å². The molecule has 0 spiro atoms. The Labute approximate surface area is 176 Å². The highest BCUT2D eigenvalue weighted by molar-refractivity contribution is 5.82. The zero-order valence-electron chi connectivity index (χ0n) is 18.5. The summed E-state index contributed by atoms with van der Waals surface area (Å²) >= 11 is 0. The Bertz CT molecular complexity index is 705. The van der Waals surface area contributed by atoms with Crippen molar-refractivity contribution in [2.45, 2.75) is 45.6 Å². The predicted octanol–water partition coefficient (Wildman–Crippen LogP) is 2.30. The Morgan fingerprint density at radius 2 is 1.76 bits per heavy atom. The van der Waals surface area contributed by atoms with Crippen molar-refractivity contribution in [2.24, 2.45) is 4.99 Å². The molecule has 2 atom stereocenters. The summed E-state index contributed by atoms with van der Waals surface area (Å²) in [5.74, 6) is 1.68. The molecule has 1 N–H and O–H groups in total. The molecule has 2 unspecified atom stereocenters. The molecule has 0 saturated carbocycles. The Morgan fingerprint density at radius 1 is 1.07 bits per heavy atom. The van der Waals surface area contributed by atoms with Gasteiger partial charge in [-0.25, -0.2) is 0 Å².